The Hall–Kier alpha value is -2.90. The van der Waals surface area contributed by atoms with Gasteiger partial charge in [0.25, 0.3) is 5.91 Å². The number of likely N-dealkylation sites (N-methyl/N-ethyl adjacent to an activating group) is 1. The highest BCUT2D eigenvalue weighted by atomic mass is 32.1. The second kappa shape index (κ2) is 11.7. The number of aromatic hydroxyl groups is 1. The molecule has 1 N–H and O–H groups in total. The van der Waals surface area contributed by atoms with Crippen LogP contribution in [-0.2, 0) is 13.0 Å². The van der Waals surface area contributed by atoms with Gasteiger partial charge in [0.2, 0.25) is 0 Å². The summed E-state index contributed by atoms with van der Waals surface area (Å²) in [7, 11) is 1.85. The van der Waals surface area contributed by atoms with Crippen LogP contribution in [0.1, 0.15) is 41.3 Å². The van der Waals surface area contributed by atoms with E-state index in [4.69, 9.17) is 4.74 Å². The van der Waals surface area contributed by atoms with E-state index in [1.54, 1.807) is 12.1 Å². The molecule has 186 valence electrons. The molecule has 0 spiro atoms. The number of benzene rings is 2. The molecule has 3 aromatic rings. The summed E-state index contributed by atoms with van der Waals surface area (Å²) < 4.78 is 20.1. The Balaban J connectivity index is 1.45. The molecule has 2 aromatic carbocycles. The molecule has 0 bridgehead atoms. The third-order valence-corrected chi connectivity index (χ3v) is 7.56. The number of carbonyl (C=O) groups excluding carboxylic acids is 1. The highest BCUT2D eigenvalue weighted by Gasteiger charge is 2.32. The number of thiophene rings is 1. The Bertz CT molecular complexity index is 1110. The number of hydrogen-bond acceptors (Lipinski definition) is 5. The number of nitrogens with zero attached hydrogens (tertiary/aromatic N) is 2. The van der Waals surface area contributed by atoms with Crippen molar-refractivity contribution in [2.75, 3.05) is 26.7 Å². The number of halogens is 1. The minimum Gasteiger partial charge on any atom is -0.504 e. The molecule has 1 aliphatic heterocycles. The van der Waals surface area contributed by atoms with Crippen LogP contribution in [0.15, 0.2) is 59.3 Å². The van der Waals surface area contributed by atoms with Gasteiger partial charge >= 0.3 is 0 Å². The van der Waals surface area contributed by atoms with Gasteiger partial charge < -0.3 is 14.7 Å². The van der Waals surface area contributed by atoms with E-state index in [9.17, 15) is 14.3 Å². The summed E-state index contributed by atoms with van der Waals surface area (Å²) in [4.78, 5) is 17.4. The smallest absolute Gasteiger partial charge is 0.254 e. The number of ether oxygens (including phenoxy) is 1. The van der Waals surface area contributed by atoms with Crippen molar-refractivity contribution in [2.45, 2.75) is 38.8 Å². The molecule has 0 radical (unpaired) electrons. The molecule has 1 amide bonds. The van der Waals surface area contributed by atoms with Crippen LogP contribution in [0.4, 0.5) is 4.39 Å². The van der Waals surface area contributed by atoms with E-state index in [0.717, 1.165) is 38.0 Å². The average Bonchev–Trinajstić information content (AvgIpc) is 3.41. The quantitative estimate of drug-likeness (QED) is 0.420. The highest BCUT2D eigenvalue weighted by Crippen LogP contribution is 2.31. The van der Waals surface area contributed by atoms with Crippen molar-refractivity contribution in [3.8, 4) is 11.5 Å². The maximum absolute atomic E-state index is 14.5. The van der Waals surface area contributed by atoms with Gasteiger partial charge in [0.1, 0.15) is 5.82 Å². The first-order valence-electron chi connectivity index (χ1n) is 12.2. The van der Waals surface area contributed by atoms with Crippen molar-refractivity contribution in [1.82, 2.24) is 9.80 Å². The molecule has 0 aliphatic carbocycles. The molecule has 5 nitrogen and oxygen atoms in total. The molecule has 2 heterocycles. The second-order valence-electron chi connectivity index (χ2n) is 9.14. The lowest BCUT2D eigenvalue weighted by Gasteiger charge is -2.40. The molecule has 7 heteroatoms. The minimum atomic E-state index is -0.219. The Labute approximate surface area is 210 Å². The summed E-state index contributed by atoms with van der Waals surface area (Å²) >= 11 is 1.51. The number of phenols is 1. The monoisotopic (exact) mass is 496 g/mol. The zero-order valence-corrected chi connectivity index (χ0v) is 21.1. The summed E-state index contributed by atoms with van der Waals surface area (Å²) in [5, 5.41) is 13.8. The molecule has 1 aromatic heterocycles. The van der Waals surface area contributed by atoms with E-state index in [2.05, 4.69) is 4.90 Å². The van der Waals surface area contributed by atoms with Crippen LogP contribution in [0.25, 0.3) is 0 Å². The summed E-state index contributed by atoms with van der Waals surface area (Å²) in [6, 6.07) is 14.1. The zero-order chi connectivity index (χ0) is 24.8. The van der Waals surface area contributed by atoms with E-state index in [1.165, 1.54) is 17.4 Å². The van der Waals surface area contributed by atoms with Gasteiger partial charge in [-0.05, 0) is 86.0 Å². The molecule has 1 atom stereocenters. The second-order valence-corrected chi connectivity index (χ2v) is 9.92. The van der Waals surface area contributed by atoms with Gasteiger partial charge in [0.05, 0.1) is 12.2 Å². The predicted octanol–water partition coefficient (Wildman–Crippen LogP) is 5.59. The van der Waals surface area contributed by atoms with Gasteiger partial charge in [-0.1, -0.05) is 24.3 Å². The Kier molecular flexibility index (Phi) is 8.42. The van der Waals surface area contributed by atoms with Crippen molar-refractivity contribution in [1.29, 1.82) is 0 Å². The molecule has 0 unspecified atom stereocenters. The third kappa shape index (κ3) is 6.21. The summed E-state index contributed by atoms with van der Waals surface area (Å²) in [5.74, 6) is 0.714. The summed E-state index contributed by atoms with van der Waals surface area (Å²) in [5.41, 5.74) is 2.43. The number of piperidine rings is 1. The number of rotatable bonds is 9. The number of phenolic OH excluding ortho intramolecular Hbond substituents is 1. The van der Waals surface area contributed by atoms with Gasteiger partial charge in [-0.15, -0.1) is 0 Å². The molecule has 1 saturated heterocycles. The molecule has 0 saturated carbocycles. The fourth-order valence-electron chi connectivity index (χ4n) is 4.93. The Morgan fingerprint density at radius 2 is 2.00 bits per heavy atom. The van der Waals surface area contributed by atoms with E-state index >= 15 is 0 Å². The zero-order valence-electron chi connectivity index (χ0n) is 20.3. The van der Waals surface area contributed by atoms with E-state index in [1.807, 2.05) is 60.0 Å². The normalized spacial score (nSPS) is 15.6. The van der Waals surface area contributed by atoms with Crippen molar-refractivity contribution in [2.24, 2.45) is 5.92 Å². The predicted molar refractivity (Wildman–Crippen MR) is 138 cm³/mol. The van der Waals surface area contributed by atoms with Crippen LogP contribution in [0.3, 0.4) is 0 Å². The molecular formula is C28H33FN2O3S. The lowest BCUT2D eigenvalue weighted by molar-refractivity contribution is 0.0584. The van der Waals surface area contributed by atoms with Gasteiger partial charge in [0.15, 0.2) is 11.5 Å². The number of amides is 1. The van der Waals surface area contributed by atoms with Gasteiger partial charge in [-0.2, -0.15) is 11.3 Å². The molecule has 1 aliphatic rings. The summed E-state index contributed by atoms with van der Waals surface area (Å²) in [6.45, 7) is 4.96. The largest absolute Gasteiger partial charge is 0.504 e. The number of hydrogen-bond donors (Lipinski definition) is 1. The van der Waals surface area contributed by atoms with Gasteiger partial charge in [-0.3, -0.25) is 9.69 Å². The van der Waals surface area contributed by atoms with Crippen molar-refractivity contribution >= 4 is 17.2 Å². The van der Waals surface area contributed by atoms with Crippen LogP contribution in [0, 0.1) is 11.7 Å². The molecule has 35 heavy (non-hydrogen) atoms. The van der Waals surface area contributed by atoms with E-state index < -0.39 is 0 Å². The number of likely N-dealkylation sites (tertiary alicyclic amines) is 1. The van der Waals surface area contributed by atoms with Crippen molar-refractivity contribution in [3.63, 3.8) is 0 Å². The van der Waals surface area contributed by atoms with Crippen LogP contribution < -0.4 is 4.74 Å². The van der Waals surface area contributed by atoms with Crippen LogP contribution in [-0.4, -0.2) is 53.6 Å². The molecule has 4 rings (SSSR count). The molecule has 1 fully saturated rings. The fraction of sp³-hybridized carbons (Fsp3) is 0.393. The topological polar surface area (TPSA) is 53.0 Å². The summed E-state index contributed by atoms with van der Waals surface area (Å²) in [6.07, 6.45) is 2.35. The first-order valence-corrected chi connectivity index (χ1v) is 13.1. The van der Waals surface area contributed by atoms with Crippen LogP contribution >= 0.6 is 11.3 Å². The first-order chi connectivity index (χ1) is 17.0. The maximum Gasteiger partial charge on any atom is 0.254 e. The minimum absolute atomic E-state index is 0.0115. The van der Waals surface area contributed by atoms with Crippen LogP contribution in [0.5, 0.6) is 11.5 Å². The SMILES string of the molecule is CCOc1cc(CN2CCC([C@@H](Cc3ccccc3F)N(C)C(=O)c3ccsc3)CC2)ccc1O. The average molecular weight is 497 g/mol. The van der Waals surface area contributed by atoms with Gasteiger partial charge in [0, 0.05) is 25.0 Å². The fourth-order valence-corrected chi connectivity index (χ4v) is 5.56. The van der Waals surface area contributed by atoms with Crippen LogP contribution in [0.2, 0.25) is 0 Å². The number of carbonyl (C=O) groups is 1. The van der Waals surface area contributed by atoms with E-state index in [-0.39, 0.29) is 29.4 Å². The standard InChI is InChI=1S/C28H33FN2O3S/c1-3-34-27-16-20(8-9-26(27)32)18-31-13-10-21(11-14-31)25(17-22-6-4-5-7-24(22)29)30(2)28(33)23-12-15-35-19-23/h4-9,12,15-16,19,21,25,32H,3,10-11,13-14,17-18H2,1-2H3/t25-/m1/s1. The third-order valence-electron chi connectivity index (χ3n) is 6.88. The first kappa shape index (κ1) is 25.2. The lowest BCUT2D eigenvalue weighted by Crippen LogP contribution is -2.47. The van der Waals surface area contributed by atoms with E-state index in [0.29, 0.717) is 29.9 Å². The van der Waals surface area contributed by atoms with Gasteiger partial charge in [-0.25, -0.2) is 4.39 Å². The molecular weight excluding hydrogens is 463 g/mol. The Morgan fingerprint density at radius 3 is 2.69 bits per heavy atom. The highest BCUT2D eigenvalue weighted by molar-refractivity contribution is 7.08. The van der Waals surface area contributed by atoms with Crippen molar-refractivity contribution in [3.05, 3.63) is 81.8 Å². The lowest BCUT2D eigenvalue weighted by atomic mass is 9.84. The maximum atomic E-state index is 14.5. The van der Waals surface area contributed by atoms with Crippen molar-refractivity contribution < 1.29 is 19.0 Å². The Morgan fingerprint density at radius 1 is 1.23 bits per heavy atom.